The van der Waals surface area contributed by atoms with E-state index < -0.39 is 15.9 Å². The average Bonchev–Trinajstić information content (AvgIpc) is 2.42. The second-order valence-corrected chi connectivity index (χ2v) is 7.21. The van der Waals surface area contributed by atoms with Crippen LogP contribution >= 0.6 is 0 Å². The minimum atomic E-state index is -3.05. The molecule has 0 aliphatic carbocycles. The molecule has 2 unspecified atom stereocenters. The number of hydrogen-bond donors (Lipinski definition) is 2. The molecular weight excluding hydrogens is 294 g/mol. The van der Waals surface area contributed by atoms with Crippen molar-refractivity contribution < 1.29 is 23.0 Å². The average molecular weight is 317 g/mol. The third-order valence-corrected chi connectivity index (χ3v) is 4.11. The summed E-state index contributed by atoms with van der Waals surface area (Å²) in [6, 6.07) is 4.92. The molecule has 21 heavy (non-hydrogen) atoms. The number of hydrogen-bond acceptors (Lipinski definition) is 6. The third kappa shape index (κ3) is 5.91. The van der Waals surface area contributed by atoms with Crippen LogP contribution in [0.2, 0.25) is 0 Å². The van der Waals surface area contributed by atoms with Crippen LogP contribution in [0, 0.1) is 0 Å². The number of sulfone groups is 1. The Balaban J connectivity index is 2.72. The quantitative estimate of drug-likeness (QED) is 0.736. The summed E-state index contributed by atoms with van der Waals surface area (Å²) in [5, 5.41) is 13.3. The summed E-state index contributed by atoms with van der Waals surface area (Å²) in [4.78, 5) is 0. The first-order valence-corrected chi connectivity index (χ1v) is 8.64. The van der Waals surface area contributed by atoms with Gasteiger partial charge in [-0.2, -0.15) is 0 Å². The minimum Gasteiger partial charge on any atom is -0.497 e. The number of aliphatic hydroxyl groups excluding tert-OH is 1. The highest BCUT2D eigenvalue weighted by atomic mass is 32.2. The lowest BCUT2D eigenvalue weighted by molar-refractivity contribution is 0.167. The first-order valence-electron chi connectivity index (χ1n) is 6.58. The van der Waals surface area contributed by atoms with Crippen molar-refractivity contribution in [1.29, 1.82) is 0 Å². The Bertz CT molecular complexity index is 558. The maximum Gasteiger partial charge on any atom is 0.148 e. The van der Waals surface area contributed by atoms with E-state index in [0.29, 0.717) is 17.1 Å². The van der Waals surface area contributed by atoms with E-state index >= 15 is 0 Å². The molecule has 0 aliphatic rings. The van der Waals surface area contributed by atoms with Gasteiger partial charge in [-0.3, -0.25) is 0 Å². The van der Waals surface area contributed by atoms with Crippen LogP contribution in [0.25, 0.3) is 0 Å². The Morgan fingerprint density at radius 3 is 2.48 bits per heavy atom. The predicted octanol–water partition coefficient (Wildman–Crippen LogP) is 0.760. The van der Waals surface area contributed by atoms with Crippen LogP contribution in [0.1, 0.15) is 18.6 Å². The summed E-state index contributed by atoms with van der Waals surface area (Å²) < 4.78 is 32.7. The van der Waals surface area contributed by atoms with Gasteiger partial charge in [0.2, 0.25) is 0 Å². The lowest BCUT2D eigenvalue weighted by Crippen LogP contribution is -2.35. The number of rotatable bonds is 8. The highest BCUT2D eigenvalue weighted by molar-refractivity contribution is 7.90. The first kappa shape index (κ1) is 17.7. The van der Waals surface area contributed by atoms with E-state index in [1.165, 1.54) is 13.4 Å². The second-order valence-electron chi connectivity index (χ2n) is 5.03. The van der Waals surface area contributed by atoms with Gasteiger partial charge in [0.25, 0.3) is 0 Å². The zero-order valence-electron chi connectivity index (χ0n) is 12.8. The van der Waals surface area contributed by atoms with Crippen LogP contribution in [0.5, 0.6) is 11.5 Å². The van der Waals surface area contributed by atoms with Gasteiger partial charge in [0, 0.05) is 24.4 Å². The monoisotopic (exact) mass is 317 g/mol. The van der Waals surface area contributed by atoms with Crippen molar-refractivity contribution in [2.75, 3.05) is 32.8 Å². The SMILES string of the molecule is COc1ccc(OC)c(C(O)CNC(C)CS(C)(=O)=O)c1. The van der Waals surface area contributed by atoms with Crippen LogP contribution in [-0.2, 0) is 9.84 Å². The van der Waals surface area contributed by atoms with Gasteiger partial charge in [-0.15, -0.1) is 0 Å². The van der Waals surface area contributed by atoms with Gasteiger partial charge in [0.15, 0.2) is 0 Å². The molecule has 0 amide bonds. The van der Waals surface area contributed by atoms with Gasteiger partial charge >= 0.3 is 0 Å². The highest BCUT2D eigenvalue weighted by Gasteiger charge is 2.17. The summed E-state index contributed by atoms with van der Waals surface area (Å²) in [6.45, 7) is 1.98. The lowest BCUT2D eigenvalue weighted by atomic mass is 10.1. The Morgan fingerprint density at radius 2 is 1.95 bits per heavy atom. The van der Waals surface area contributed by atoms with Crippen LogP contribution in [0.15, 0.2) is 18.2 Å². The van der Waals surface area contributed by atoms with E-state index in [0.717, 1.165) is 0 Å². The van der Waals surface area contributed by atoms with Crippen LogP contribution in [0.4, 0.5) is 0 Å². The molecule has 0 saturated heterocycles. The van der Waals surface area contributed by atoms with Gasteiger partial charge in [0.05, 0.1) is 26.1 Å². The van der Waals surface area contributed by atoms with Crippen LogP contribution < -0.4 is 14.8 Å². The molecule has 6 nitrogen and oxygen atoms in total. The van der Waals surface area contributed by atoms with E-state index in [1.807, 2.05) is 0 Å². The molecule has 7 heteroatoms. The second kappa shape index (κ2) is 7.63. The van der Waals surface area contributed by atoms with Crippen molar-refractivity contribution in [1.82, 2.24) is 5.32 Å². The van der Waals surface area contributed by atoms with Crippen molar-refractivity contribution in [2.45, 2.75) is 19.1 Å². The Morgan fingerprint density at radius 1 is 1.29 bits per heavy atom. The van der Waals surface area contributed by atoms with Crippen molar-refractivity contribution in [2.24, 2.45) is 0 Å². The molecule has 0 aliphatic heterocycles. The molecule has 0 fully saturated rings. The largest absolute Gasteiger partial charge is 0.497 e. The molecule has 1 rings (SSSR count). The smallest absolute Gasteiger partial charge is 0.148 e. The molecule has 0 saturated carbocycles. The molecular formula is C14H23NO5S. The van der Waals surface area contributed by atoms with Crippen molar-refractivity contribution in [3.63, 3.8) is 0 Å². The molecule has 1 aromatic carbocycles. The Hall–Kier alpha value is -1.31. The van der Waals surface area contributed by atoms with E-state index in [9.17, 15) is 13.5 Å². The van der Waals surface area contributed by atoms with Crippen LogP contribution in [-0.4, -0.2) is 52.3 Å². The van der Waals surface area contributed by atoms with Gasteiger partial charge in [-0.05, 0) is 25.1 Å². The summed E-state index contributed by atoms with van der Waals surface area (Å²) in [7, 11) is 0.0234. The first-order chi connectivity index (χ1) is 9.76. The molecule has 0 aromatic heterocycles. The maximum atomic E-state index is 11.2. The number of methoxy groups -OCH3 is 2. The van der Waals surface area contributed by atoms with Crippen molar-refractivity contribution >= 4 is 9.84 Å². The fourth-order valence-electron chi connectivity index (χ4n) is 2.04. The number of ether oxygens (including phenoxy) is 2. The molecule has 0 heterocycles. The topological polar surface area (TPSA) is 84.9 Å². The zero-order valence-corrected chi connectivity index (χ0v) is 13.6. The van der Waals surface area contributed by atoms with Gasteiger partial charge in [0.1, 0.15) is 21.3 Å². The summed E-state index contributed by atoms with van der Waals surface area (Å²) >= 11 is 0. The van der Waals surface area contributed by atoms with E-state index in [4.69, 9.17) is 9.47 Å². The highest BCUT2D eigenvalue weighted by Crippen LogP contribution is 2.29. The number of aliphatic hydroxyl groups is 1. The number of benzene rings is 1. The molecule has 2 N–H and O–H groups in total. The van der Waals surface area contributed by atoms with E-state index in [1.54, 1.807) is 32.2 Å². The molecule has 0 spiro atoms. The lowest BCUT2D eigenvalue weighted by Gasteiger charge is -2.19. The Kier molecular flexibility index (Phi) is 6.44. The van der Waals surface area contributed by atoms with Gasteiger partial charge < -0.3 is 19.9 Å². The molecule has 1 aromatic rings. The molecule has 0 radical (unpaired) electrons. The molecule has 2 atom stereocenters. The normalized spacial score (nSPS) is 14.5. The third-order valence-electron chi connectivity index (χ3n) is 3.01. The molecule has 120 valence electrons. The fourth-order valence-corrected chi connectivity index (χ4v) is 3.06. The van der Waals surface area contributed by atoms with E-state index in [-0.39, 0.29) is 18.3 Å². The van der Waals surface area contributed by atoms with Gasteiger partial charge in [-0.1, -0.05) is 0 Å². The fraction of sp³-hybridized carbons (Fsp3) is 0.571. The van der Waals surface area contributed by atoms with Gasteiger partial charge in [-0.25, -0.2) is 8.42 Å². The number of nitrogens with one attached hydrogen (secondary N) is 1. The summed E-state index contributed by atoms with van der Waals surface area (Å²) in [5.74, 6) is 1.20. The standard InChI is InChI=1S/C14H23NO5S/c1-10(9-21(4,17)18)15-8-13(16)12-7-11(19-2)5-6-14(12)20-3/h5-7,10,13,15-16H,8-9H2,1-4H3. The molecule has 0 bridgehead atoms. The zero-order chi connectivity index (χ0) is 16.0. The maximum absolute atomic E-state index is 11.2. The predicted molar refractivity (Wildman–Crippen MR) is 81.7 cm³/mol. The summed E-state index contributed by atoms with van der Waals surface area (Å²) in [5.41, 5.74) is 0.593. The van der Waals surface area contributed by atoms with Crippen molar-refractivity contribution in [3.05, 3.63) is 23.8 Å². The van der Waals surface area contributed by atoms with E-state index in [2.05, 4.69) is 5.32 Å². The minimum absolute atomic E-state index is 0.0228. The van der Waals surface area contributed by atoms with Crippen LogP contribution in [0.3, 0.4) is 0 Å². The Labute approximate surface area is 126 Å². The summed E-state index contributed by atoms with van der Waals surface area (Å²) in [6.07, 6.45) is 0.365. The van der Waals surface area contributed by atoms with Crippen molar-refractivity contribution in [3.8, 4) is 11.5 Å².